The van der Waals surface area contributed by atoms with Crippen molar-refractivity contribution >= 4 is 11.9 Å². The van der Waals surface area contributed by atoms with Gasteiger partial charge in [-0.2, -0.15) is 0 Å². The molecule has 0 radical (unpaired) electrons. The van der Waals surface area contributed by atoms with E-state index >= 15 is 0 Å². The molecule has 0 spiro atoms. The molecule has 0 aliphatic heterocycles. The van der Waals surface area contributed by atoms with Gasteiger partial charge in [0.1, 0.15) is 0 Å². The second-order valence-electron chi connectivity index (χ2n) is 7.77. The maximum atomic E-state index is 12.2. The quantitative estimate of drug-likeness (QED) is 0.397. The van der Waals surface area contributed by atoms with Crippen molar-refractivity contribution in [3.8, 4) is 0 Å². The predicted octanol–water partition coefficient (Wildman–Crippen LogP) is 5.28. The molecule has 2 atom stereocenters. The Morgan fingerprint density at radius 2 is 1.42 bits per heavy atom. The van der Waals surface area contributed by atoms with Gasteiger partial charge in [-0.05, 0) is 31.6 Å². The summed E-state index contributed by atoms with van der Waals surface area (Å²) in [6.45, 7) is 6.11. The minimum atomic E-state index is -1.19. The standard InChI is InChI=1S/C20H34O4/c1-4-5-6-7-8-9-12-19(17(21)22)13-10-11-14-20(19,18(23)24)15-16(2)3/h10-11,16H,4-9,12-15H2,1-3H3,(H,21,22)(H,23,24). The van der Waals surface area contributed by atoms with Crippen LogP contribution in [0.5, 0.6) is 0 Å². The molecule has 2 N–H and O–H groups in total. The number of allylic oxidation sites excluding steroid dienone is 2. The molecule has 0 heterocycles. The van der Waals surface area contributed by atoms with Gasteiger partial charge in [-0.1, -0.05) is 71.4 Å². The SMILES string of the molecule is CCCCCCCCC1(C(=O)O)CC=CCC1(CC(C)C)C(=O)O. The first kappa shape index (κ1) is 20.7. The zero-order valence-electron chi connectivity index (χ0n) is 15.5. The highest BCUT2D eigenvalue weighted by Crippen LogP contribution is 2.55. The van der Waals surface area contributed by atoms with Crippen LogP contribution in [0.25, 0.3) is 0 Å². The first-order chi connectivity index (χ1) is 11.3. The third-order valence-electron chi connectivity index (χ3n) is 5.55. The molecule has 0 bridgehead atoms. The summed E-state index contributed by atoms with van der Waals surface area (Å²) in [5.41, 5.74) is -2.37. The fraction of sp³-hybridized carbons (Fsp3) is 0.800. The average Bonchev–Trinajstić information content (AvgIpc) is 2.51. The van der Waals surface area contributed by atoms with Crippen molar-refractivity contribution in [1.29, 1.82) is 0 Å². The molecule has 1 rings (SSSR count). The number of hydrogen-bond donors (Lipinski definition) is 2. The minimum absolute atomic E-state index is 0.149. The molecule has 0 aromatic carbocycles. The van der Waals surface area contributed by atoms with Crippen LogP contribution in [0.4, 0.5) is 0 Å². The second-order valence-corrected chi connectivity index (χ2v) is 7.77. The summed E-state index contributed by atoms with van der Waals surface area (Å²) in [5, 5.41) is 20.0. The lowest BCUT2D eigenvalue weighted by atomic mass is 9.53. The number of carboxylic acid groups (broad SMARTS) is 2. The maximum absolute atomic E-state index is 12.2. The minimum Gasteiger partial charge on any atom is -0.481 e. The topological polar surface area (TPSA) is 74.6 Å². The Morgan fingerprint density at radius 1 is 0.917 bits per heavy atom. The van der Waals surface area contributed by atoms with Gasteiger partial charge in [-0.3, -0.25) is 9.59 Å². The van der Waals surface area contributed by atoms with Crippen LogP contribution in [0.15, 0.2) is 12.2 Å². The van der Waals surface area contributed by atoms with Gasteiger partial charge in [0.2, 0.25) is 0 Å². The van der Waals surface area contributed by atoms with Crippen LogP contribution in [0, 0.1) is 16.7 Å². The summed E-state index contributed by atoms with van der Waals surface area (Å²) in [6, 6.07) is 0. The van der Waals surface area contributed by atoms with Crippen molar-refractivity contribution in [3.05, 3.63) is 12.2 Å². The fourth-order valence-electron chi connectivity index (χ4n) is 4.26. The van der Waals surface area contributed by atoms with E-state index in [1.54, 1.807) is 0 Å². The molecule has 0 fully saturated rings. The molecule has 4 nitrogen and oxygen atoms in total. The highest BCUT2D eigenvalue weighted by molar-refractivity contribution is 5.87. The highest BCUT2D eigenvalue weighted by Gasteiger charge is 2.60. The van der Waals surface area contributed by atoms with Crippen molar-refractivity contribution in [3.63, 3.8) is 0 Å². The zero-order chi connectivity index (χ0) is 18.2. The molecule has 24 heavy (non-hydrogen) atoms. The zero-order valence-corrected chi connectivity index (χ0v) is 15.5. The van der Waals surface area contributed by atoms with Crippen LogP contribution in [0.2, 0.25) is 0 Å². The molecular formula is C20H34O4. The predicted molar refractivity (Wildman–Crippen MR) is 96.0 cm³/mol. The molecule has 2 unspecified atom stereocenters. The third-order valence-corrected chi connectivity index (χ3v) is 5.55. The van der Waals surface area contributed by atoms with Gasteiger partial charge < -0.3 is 10.2 Å². The van der Waals surface area contributed by atoms with Gasteiger partial charge >= 0.3 is 11.9 Å². The van der Waals surface area contributed by atoms with Gasteiger partial charge in [-0.15, -0.1) is 0 Å². The fourth-order valence-corrected chi connectivity index (χ4v) is 4.26. The summed E-state index contributed by atoms with van der Waals surface area (Å²) in [6.07, 6.45) is 11.7. The van der Waals surface area contributed by atoms with Crippen LogP contribution >= 0.6 is 0 Å². The lowest BCUT2D eigenvalue weighted by molar-refractivity contribution is -0.178. The van der Waals surface area contributed by atoms with E-state index < -0.39 is 22.8 Å². The van der Waals surface area contributed by atoms with Gasteiger partial charge in [0.05, 0.1) is 10.8 Å². The van der Waals surface area contributed by atoms with E-state index in [4.69, 9.17) is 0 Å². The summed E-state index contributed by atoms with van der Waals surface area (Å²) in [7, 11) is 0. The van der Waals surface area contributed by atoms with E-state index in [1.807, 2.05) is 26.0 Å². The summed E-state index contributed by atoms with van der Waals surface area (Å²) in [5.74, 6) is -1.74. The Morgan fingerprint density at radius 3 is 1.92 bits per heavy atom. The van der Waals surface area contributed by atoms with E-state index in [-0.39, 0.29) is 5.92 Å². The number of carbonyl (C=O) groups is 2. The molecule has 0 aromatic rings. The van der Waals surface area contributed by atoms with E-state index in [9.17, 15) is 19.8 Å². The van der Waals surface area contributed by atoms with E-state index in [1.165, 1.54) is 19.3 Å². The second kappa shape index (κ2) is 9.24. The van der Waals surface area contributed by atoms with Crippen molar-refractivity contribution < 1.29 is 19.8 Å². The molecule has 0 saturated carbocycles. The van der Waals surface area contributed by atoms with Crippen LogP contribution in [0.1, 0.15) is 85.0 Å². The summed E-state index contributed by atoms with van der Waals surface area (Å²) in [4.78, 5) is 24.5. The lowest BCUT2D eigenvalue weighted by Crippen LogP contribution is -2.54. The number of hydrogen-bond acceptors (Lipinski definition) is 2. The molecule has 0 amide bonds. The first-order valence-corrected chi connectivity index (χ1v) is 9.44. The molecule has 1 aliphatic carbocycles. The molecule has 4 heteroatoms. The van der Waals surface area contributed by atoms with Crippen molar-refractivity contribution in [2.24, 2.45) is 16.7 Å². The lowest BCUT2D eigenvalue weighted by Gasteiger charge is -2.47. The van der Waals surface area contributed by atoms with Crippen molar-refractivity contribution in [1.82, 2.24) is 0 Å². The van der Waals surface area contributed by atoms with Gasteiger partial charge in [0, 0.05) is 0 Å². The van der Waals surface area contributed by atoms with Gasteiger partial charge in [-0.25, -0.2) is 0 Å². The highest BCUT2D eigenvalue weighted by atomic mass is 16.4. The maximum Gasteiger partial charge on any atom is 0.311 e. The molecular weight excluding hydrogens is 304 g/mol. The normalized spacial score (nSPS) is 26.7. The number of rotatable bonds is 11. The van der Waals surface area contributed by atoms with Crippen LogP contribution in [0.3, 0.4) is 0 Å². The van der Waals surface area contributed by atoms with E-state index in [0.29, 0.717) is 25.7 Å². The third kappa shape index (κ3) is 4.40. The molecule has 138 valence electrons. The smallest absolute Gasteiger partial charge is 0.311 e. The number of carboxylic acids is 2. The average molecular weight is 338 g/mol. The van der Waals surface area contributed by atoms with E-state index in [0.717, 1.165) is 19.3 Å². The van der Waals surface area contributed by atoms with Gasteiger partial charge in [0.25, 0.3) is 0 Å². The number of aliphatic carboxylic acids is 2. The number of unbranched alkanes of at least 4 members (excludes halogenated alkanes) is 5. The Hall–Kier alpha value is -1.32. The Kier molecular flexibility index (Phi) is 7.98. The Bertz CT molecular complexity index is 455. The molecule has 0 saturated heterocycles. The Labute approximate surface area is 146 Å². The van der Waals surface area contributed by atoms with Crippen molar-refractivity contribution in [2.45, 2.75) is 85.0 Å². The first-order valence-electron chi connectivity index (χ1n) is 9.44. The molecule has 0 aromatic heterocycles. The van der Waals surface area contributed by atoms with Gasteiger partial charge in [0.15, 0.2) is 0 Å². The van der Waals surface area contributed by atoms with E-state index in [2.05, 4.69) is 6.92 Å². The van der Waals surface area contributed by atoms with Crippen LogP contribution in [-0.2, 0) is 9.59 Å². The summed E-state index contributed by atoms with van der Waals surface area (Å²) >= 11 is 0. The monoisotopic (exact) mass is 338 g/mol. The van der Waals surface area contributed by atoms with Crippen LogP contribution in [-0.4, -0.2) is 22.2 Å². The molecule has 1 aliphatic rings. The Balaban J connectivity index is 2.99. The van der Waals surface area contributed by atoms with Crippen LogP contribution < -0.4 is 0 Å². The largest absolute Gasteiger partial charge is 0.481 e. The van der Waals surface area contributed by atoms with Crippen molar-refractivity contribution in [2.75, 3.05) is 0 Å². The summed E-state index contributed by atoms with van der Waals surface area (Å²) < 4.78 is 0.